The van der Waals surface area contributed by atoms with E-state index in [9.17, 15) is 4.79 Å². The van der Waals surface area contributed by atoms with Gasteiger partial charge in [0.1, 0.15) is 0 Å². The van der Waals surface area contributed by atoms with Gasteiger partial charge in [-0.2, -0.15) is 11.3 Å². The summed E-state index contributed by atoms with van der Waals surface area (Å²) >= 11 is 1.68. The first kappa shape index (κ1) is 13.0. The lowest BCUT2D eigenvalue weighted by molar-refractivity contribution is 0.236. The van der Waals surface area contributed by atoms with Crippen LogP contribution in [0, 0.1) is 0 Å². The molecule has 0 unspecified atom stereocenters. The van der Waals surface area contributed by atoms with Crippen LogP contribution in [-0.4, -0.2) is 18.6 Å². The highest BCUT2D eigenvalue weighted by molar-refractivity contribution is 7.08. The van der Waals surface area contributed by atoms with Crippen molar-refractivity contribution in [2.45, 2.75) is 39.2 Å². The van der Waals surface area contributed by atoms with Gasteiger partial charge in [-0.25, -0.2) is 4.79 Å². The normalized spacial score (nSPS) is 11.6. The minimum atomic E-state index is -0.0988. The van der Waals surface area contributed by atoms with Crippen molar-refractivity contribution in [2.24, 2.45) is 0 Å². The Morgan fingerprint density at radius 3 is 2.69 bits per heavy atom. The van der Waals surface area contributed by atoms with Crippen LogP contribution in [0.3, 0.4) is 0 Å². The molecule has 0 spiro atoms. The Hall–Kier alpha value is -1.03. The lowest BCUT2D eigenvalue weighted by Gasteiger charge is -2.24. The monoisotopic (exact) mass is 240 g/mol. The van der Waals surface area contributed by atoms with E-state index in [1.54, 1.807) is 11.3 Å². The van der Waals surface area contributed by atoms with Gasteiger partial charge in [0.2, 0.25) is 0 Å². The van der Waals surface area contributed by atoms with Gasteiger partial charge in [-0.3, -0.25) is 0 Å². The lowest BCUT2D eigenvalue weighted by Crippen LogP contribution is -2.44. The van der Waals surface area contributed by atoms with Crippen molar-refractivity contribution in [2.75, 3.05) is 6.54 Å². The molecule has 3 nitrogen and oxygen atoms in total. The Labute approximate surface area is 101 Å². The minimum Gasteiger partial charge on any atom is -0.337 e. The summed E-state index contributed by atoms with van der Waals surface area (Å²) in [5, 5.41) is 9.90. The van der Waals surface area contributed by atoms with Gasteiger partial charge in [0.25, 0.3) is 0 Å². The van der Waals surface area contributed by atoms with E-state index in [1.807, 2.05) is 13.8 Å². The molecule has 0 atom stereocenters. The van der Waals surface area contributed by atoms with Crippen LogP contribution in [0.1, 0.15) is 33.3 Å². The largest absolute Gasteiger partial charge is 0.337 e. The summed E-state index contributed by atoms with van der Waals surface area (Å²) in [4.78, 5) is 11.5. The summed E-state index contributed by atoms with van der Waals surface area (Å²) in [6.07, 6.45) is 0. The molecular weight excluding hydrogens is 220 g/mol. The molecule has 0 fully saturated rings. The van der Waals surface area contributed by atoms with Crippen LogP contribution in [0.25, 0.3) is 0 Å². The first-order valence-corrected chi connectivity index (χ1v) is 6.43. The van der Waals surface area contributed by atoms with Crippen LogP contribution in [0.4, 0.5) is 4.79 Å². The van der Waals surface area contributed by atoms with Crippen molar-refractivity contribution in [3.05, 3.63) is 22.4 Å². The fourth-order valence-corrected chi connectivity index (χ4v) is 2.21. The zero-order valence-corrected chi connectivity index (χ0v) is 11.1. The Morgan fingerprint density at radius 1 is 1.50 bits per heavy atom. The molecular formula is C12H20N2OS. The maximum absolute atomic E-state index is 11.5. The van der Waals surface area contributed by atoms with Crippen molar-refractivity contribution in [3.8, 4) is 0 Å². The quantitative estimate of drug-likeness (QED) is 0.834. The van der Waals surface area contributed by atoms with Crippen LogP contribution in [0.2, 0.25) is 0 Å². The van der Waals surface area contributed by atoms with Crippen molar-refractivity contribution >= 4 is 17.4 Å². The molecule has 1 aromatic rings. The Morgan fingerprint density at radius 2 is 2.19 bits per heavy atom. The van der Waals surface area contributed by atoms with E-state index in [-0.39, 0.29) is 17.5 Å². The van der Waals surface area contributed by atoms with E-state index in [0.29, 0.717) is 6.54 Å². The van der Waals surface area contributed by atoms with Crippen molar-refractivity contribution < 1.29 is 4.79 Å². The van der Waals surface area contributed by atoms with Gasteiger partial charge in [-0.1, -0.05) is 13.8 Å². The van der Waals surface area contributed by atoms with Gasteiger partial charge in [-0.15, -0.1) is 0 Å². The second-order valence-corrected chi connectivity index (χ2v) is 5.66. The third kappa shape index (κ3) is 3.85. The lowest BCUT2D eigenvalue weighted by atomic mass is 9.87. The number of thiophene rings is 1. The summed E-state index contributed by atoms with van der Waals surface area (Å²) < 4.78 is 0. The zero-order valence-electron chi connectivity index (χ0n) is 10.3. The summed E-state index contributed by atoms with van der Waals surface area (Å²) in [5.41, 5.74) is 1.25. The summed E-state index contributed by atoms with van der Waals surface area (Å²) in [6, 6.07) is 2.18. The summed E-state index contributed by atoms with van der Waals surface area (Å²) in [5.74, 6) is 0. The van der Waals surface area contributed by atoms with E-state index in [1.165, 1.54) is 5.56 Å². The SMILES string of the molecule is CC(C)NC(=O)NCC(C)(C)c1ccsc1. The van der Waals surface area contributed by atoms with E-state index >= 15 is 0 Å². The molecule has 0 bridgehead atoms. The first-order chi connectivity index (χ1) is 7.42. The second kappa shape index (κ2) is 5.34. The predicted octanol–water partition coefficient (Wildman–Crippen LogP) is 2.73. The molecule has 0 aromatic carbocycles. The highest BCUT2D eigenvalue weighted by Gasteiger charge is 2.21. The standard InChI is InChI=1S/C12H20N2OS/c1-9(2)14-11(15)13-8-12(3,4)10-5-6-16-7-10/h5-7,9H,8H2,1-4H3,(H2,13,14,15). The average molecular weight is 240 g/mol. The number of carbonyl (C=O) groups excluding carboxylic acids is 1. The number of rotatable bonds is 4. The number of carbonyl (C=O) groups is 1. The number of amides is 2. The molecule has 4 heteroatoms. The topological polar surface area (TPSA) is 41.1 Å². The third-order valence-electron chi connectivity index (χ3n) is 2.41. The van der Waals surface area contributed by atoms with Gasteiger partial charge < -0.3 is 10.6 Å². The molecule has 0 aliphatic rings. The molecule has 0 aliphatic carbocycles. The minimum absolute atomic E-state index is 0.0195. The van der Waals surface area contributed by atoms with Crippen LogP contribution in [0.5, 0.6) is 0 Å². The molecule has 1 rings (SSSR count). The maximum atomic E-state index is 11.5. The predicted molar refractivity (Wildman–Crippen MR) is 69.0 cm³/mol. The van der Waals surface area contributed by atoms with Crippen LogP contribution in [0.15, 0.2) is 16.8 Å². The fraction of sp³-hybridized carbons (Fsp3) is 0.583. The third-order valence-corrected chi connectivity index (χ3v) is 3.10. The highest BCUT2D eigenvalue weighted by Crippen LogP contribution is 2.24. The Bertz CT molecular complexity index is 331. The summed E-state index contributed by atoms with van der Waals surface area (Å²) in [7, 11) is 0. The smallest absolute Gasteiger partial charge is 0.315 e. The zero-order chi connectivity index (χ0) is 12.2. The molecule has 0 saturated carbocycles. The molecule has 2 N–H and O–H groups in total. The van der Waals surface area contributed by atoms with Gasteiger partial charge in [0, 0.05) is 18.0 Å². The van der Waals surface area contributed by atoms with Crippen LogP contribution < -0.4 is 10.6 Å². The van der Waals surface area contributed by atoms with E-state index < -0.39 is 0 Å². The van der Waals surface area contributed by atoms with E-state index in [4.69, 9.17) is 0 Å². The van der Waals surface area contributed by atoms with Crippen molar-refractivity contribution in [1.82, 2.24) is 10.6 Å². The summed E-state index contributed by atoms with van der Waals surface area (Å²) in [6.45, 7) is 8.80. The molecule has 1 heterocycles. The molecule has 0 aliphatic heterocycles. The molecule has 16 heavy (non-hydrogen) atoms. The molecule has 0 saturated heterocycles. The highest BCUT2D eigenvalue weighted by atomic mass is 32.1. The van der Waals surface area contributed by atoms with Gasteiger partial charge >= 0.3 is 6.03 Å². The van der Waals surface area contributed by atoms with Crippen LogP contribution in [-0.2, 0) is 5.41 Å². The number of nitrogens with one attached hydrogen (secondary N) is 2. The number of hydrogen-bond donors (Lipinski definition) is 2. The number of urea groups is 1. The molecule has 2 amide bonds. The van der Waals surface area contributed by atoms with Gasteiger partial charge in [0.05, 0.1) is 0 Å². The molecule has 90 valence electrons. The first-order valence-electron chi connectivity index (χ1n) is 5.49. The second-order valence-electron chi connectivity index (χ2n) is 4.88. The van der Waals surface area contributed by atoms with Crippen molar-refractivity contribution in [1.29, 1.82) is 0 Å². The van der Waals surface area contributed by atoms with E-state index in [0.717, 1.165) is 0 Å². The fourth-order valence-electron chi connectivity index (χ4n) is 1.37. The Balaban J connectivity index is 2.45. The number of hydrogen-bond acceptors (Lipinski definition) is 2. The average Bonchev–Trinajstić information content (AvgIpc) is 2.67. The molecule has 0 radical (unpaired) electrons. The van der Waals surface area contributed by atoms with Crippen molar-refractivity contribution in [3.63, 3.8) is 0 Å². The Kier molecular flexibility index (Phi) is 4.35. The maximum Gasteiger partial charge on any atom is 0.315 e. The van der Waals surface area contributed by atoms with Gasteiger partial charge in [-0.05, 0) is 36.2 Å². The van der Waals surface area contributed by atoms with Gasteiger partial charge in [0.15, 0.2) is 0 Å². The van der Waals surface area contributed by atoms with Crippen LogP contribution >= 0.6 is 11.3 Å². The van der Waals surface area contributed by atoms with E-state index in [2.05, 4.69) is 41.3 Å². The molecule has 1 aromatic heterocycles.